The molecule has 0 N–H and O–H groups in total. The fourth-order valence-corrected chi connectivity index (χ4v) is 1.64. The number of carbonyl (C=O) groups is 1. The van der Waals surface area contributed by atoms with Gasteiger partial charge in [0.25, 0.3) is 5.24 Å². The van der Waals surface area contributed by atoms with Crippen LogP contribution in [-0.4, -0.2) is 5.24 Å². The molecule has 0 bridgehead atoms. The van der Waals surface area contributed by atoms with Gasteiger partial charge in [0.2, 0.25) is 0 Å². The van der Waals surface area contributed by atoms with Gasteiger partial charge in [0.05, 0.1) is 4.87 Å². The third-order valence-electron chi connectivity index (χ3n) is 2.32. The van der Waals surface area contributed by atoms with Crippen LogP contribution in [0, 0.1) is 0 Å². The van der Waals surface area contributed by atoms with Crippen LogP contribution in [0.4, 0.5) is 0 Å². The first-order chi connectivity index (χ1) is 6.12. The summed E-state index contributed by atoms with van der Waals surface area (Å²) in [4.78, 5) is 10.6. The van der Waals surface area contributed by atoms with Crippen molar-refractivity contribution in [3.05, 3.63) is 35.4 Å². The zero-order chi connectivity index (χ0) is 9.47. The van der Waals surface area contributed by atoms with E-state index >= 15 is 0 Å². The fraction of sp³-hybridized carbons (Fsp3) is 0.300. The van der Waals surface area contributed by atoms with Crippen LogP contribution in [0.25, 0.3) is 0 Å². The van der Waals surface area contributed by atoms with E-state index in [4.69, 9.17) is 23.2 Å². The Labute approximate surface area is 86.7 Å². The van der Waals surface area contributed by atoms with E-state index in [2.05, 4.69) is 0 Å². The first kappa shape index (κ1) is 9.04. The Morgan fingerprint density at radius 1 is 1.23 bits per heavy atom. The van der Waals surface area contributed by atoms with Crippen LogP contribution < -0.4 is 0 Å². The van der Waals surface area contributed by atoms with Gasteiger partial charge in [-0.3, -0.25) is 4.79 Å². The van der Waals surface area contributed by atoms with Crippen molar-refractivity contribution in [2.24, 2.45) is 0 Å². The number of hydrogen-bond donors (Lipinski definition) is 0. The maximum absolute atomic E-state index is 10.8. The lowest BCUT2D eigenvalue weighted by molar-refractivity contribution is 0.108. The standard InChI is InChI=1S/C10H8Cl2O/c11-9(13)7-1-3-8(4-2-7)10(12)5-6-10/h1-4H,5-6H2. The molecular weight excluding hydrogens is 207 g/mol. The average molecular weight is 215 g/mol. The molecule has 0 saturated heterocycles. The molecule has 0 aromatic heterocycles. The van der Waals surface area contributed by atoms with Gasteiger partial charge in [-0.25, -0.2) is 0 Å². The van der Waals surface area contributed by atoms with Gasteiger partial charge >= 0.3 is 0 Å². The maximum Gasteiger partial charge on any atom is 0.252 e. The number of halogens is 2. The molecular formula is C10H8Cl2O. The van der Waals surface area contributed by atoms with Gasteiger partial charge < -0.3 is 0 Å². The lowest BCUT2D eigenvalue weighted by Crippen LogP contribution is -1.96. The molecule has 68 valence electrons. The number of alkyl halides is 1. The molecule has 1 aromatic carbocycles. The van der Waals surface area contributed by atoms with Gasteiger partial charge in [-0.2, -0.15) is 0 Å². The van der Waals surface area contributed by atoms with Crippen molar-refractivity contribution in [1.29, 1.82) is 0 Å². The monoisotopic (exact) mass is 214 g/mol. The van der Waals surface area contributed by atoms with Crippen molar-refractivity contribution in [1.82, 2.24) is 0 Å². The molecule has 1 saturated carbocycles. The molecule has 0 heterocycles. The third-order valence-corrected chi connectivity index (χ3v) is 3.13. The summed E-state index contributed by atoms with van der Waals surface area (Å²) >= 11 is 11.5. The fourth-order valence-electron chi connectivity index (χ4n) is 1.30. The highest BCUT2D eigenvalue weighted by atomic mass is 35.5. The van der Waals surface area contributed by atoms with E-state index in [1.165, 1.54) is 0 Å². The van der Waals surface area contributed by atoms with Gasteiger partial charge in [0.1, 0.15) is 0 Å². The Morgan fingerprint density at radius 3 is 2.15 bits per heavy atom. The minimum absolute atomic E-state index is 0.159. The van der Waals surface area contributed by atoms with Crippen LogP contribution in [-0.2, 0) is 4.87 Å². The Morgan fingerprint density at radius 2 is 1.77 bits per heavy atom. The molecule has 1 aliphatic rings. The lowest BCUT2D eigenvalue weighted by atomic mass is 10.1. The SMILES string of the molecule is O=C(Cl)c1ccc(C2(Cl)CC2)cc1. The summed E-state index contributed by atoms with van der Waals surface area (Å²) in [5, 5.41) is -0.425. The summed E-state index contributed by atoms with van der Waals surface area (Å²) in [6.07, 6.45) is 2.03. The first-order valence-corrected chi connectivity index (χ1v) is 4.87. The molecule has 1 fully saturated rings. The molecule has 1 aliphatic carbocycles. The normalized spacial score (nSPS) is 18.3. The van der Waals surface area contributed by atoms with Gasteiger partial charge in [-0.05, 0) is 42.1 Å². The quantitative estimate of drug-likeness (QED) is 0.546. The van der Waals surface area contributed by atoms with Crippen molar-refractivity contribution < 1.29 is 4.79 Å². The van der Waals surface area contributed by atoms with Gasteiger partial charge in [-0.1, -0.05) is 12.1 Å². The highest BCUT2D eigenvalue weighted by Gasteiger charge is 2.42. The minimum Gasteiger partial charge on any atom is -0.276 e. The van der Waals surface area contributed by atoms with Gasteiger partial charge in [0, 0.05) is 5.56 Å². The Balaban J connectivity index is 2.28. The first-order valence-electron chi connectivity index (χ1n) is 4.11. The molecule has 0 radical (unpaired) electrons. The molecule has 1 aromatic rings. The second kappa shape index (κ2) is 3.00. The molecule has 2 rings (SSSR count). The van der Waals surface area contributed by atoms with Crippen LogP contribution in [0.5, 0.6) is 0 Å². The smallest absolute Gasteiger partial charge is 0.252 e. The van der Waals surface area contributed by atoms with Gasteiger partial charge in [0.15, 0.2) is 0 Å². The molecule has 0 unspecified atom stereocenters. The minimum atomic E-state index is -0.425. The molecule has 0 aliphatic heterocycles. The van der Waals surface area contributed by atoms with Crippen LogP contribution in [0.15, 0.2) is 24.3 Å². The van der Waals surface area contributed by atoms with Crippen molar-refractivity contribution in [3.8, 4) is 0 Å². The zero-order valence-electron chi connectivity index (χ0n) is 6.89. The van der Waals surface area contributed by atoms with E-state index in [-0.39, 0.29) is 4.87 Å². The van der Waals surface area contributed by atoms with Gasteiger partial charge in [-0.15, -0.1) is 11.6 Å². The molecule has 1 nitrogen and oxygen atoms in total. The van der Waals surface area contributed by atoms with Crippen LogP contribution in [0.3, 0.4) is 0 Å². The largest absolute Gasteiger partial charge is 0.276 e. The second-order valence-electron chi connectivity index (χ2n) is 3.32. The lowest BCUT2D eigenvalue weighted by Gasteiger charge is -2.05. The predicted molar refractivity (Wildman–Crippen MR) is 53.4 cm³/mol. The molecule has 0 amide bonds. The summed E-state index contributed by atoms with van der Waals surface area (Å²) < 4.78 is 0. The number of hydrogen-bond acceptors (Lipinski definition) is 1. The van der Waals surface area contributed by atoms with E-state index in [1.54, 1.807) is 12.1 Å². The summed E-state index contributed by atoms with van der Waals surface area (Å²) in [5.74, 6) is 0. The third kappa shape index (κ3) is 1.72. The maximum atomic E-state index is 10.8. The van der Waals surface area contributed by atoms with E-state index < -0.39 is 5.24 Å². The number of benzene rings is 1. The van der Waals surface area contributed by atoms with Crippen molar-refractivity contribution >= 4 is 28.4 Å². The Hall–Kier alpha value is -0.530. The van der Waals surface area contributed by atoms with E-state index in [0.717, 1.165) is 18.4 Å². The topological polar surface area (TPSA) is 17.1 Å². The zero-order valence-corrected chi connectivity index (χ0v) is 8.40. The van der Waals surface area contributed by atoms with Crippen molar-refractivity contribution in [2.45, 2.75) is 17.7 Å². The molecule has 3 heteroatoms. The average Bonchev–Trinajstić information content (AvgIpc) is 2.85. The highest BCUT2D eigenvalue weighted by molar-refractivity contribution is 6.67. The Kier molecular flexibility index (Phi) is 2.09. The predicted octanol–water partition coefficient (Wildman–Crippen LogP) is 3.29. The van der Waals surface area contributed by atoms with E-state index in [9.17, 15) is 4.79 Å². The van der Waals surface area contributed by atoms with Crippen molar-refractivity contribution in [3.63, 3.8) is 0 Å². The Bertz CT molecular complexity index is 338. The highest BCUT2D eigenvalue weighted by Crippen LogP contribution is 2.51. The summed E-state index contributed by atoms with van der Waals surface area (Å²) in [7, 11) is 0. The summed E-state index contributed by atoms with van der Waals surface area (Å²) in [5.41, 5.74) is 1.60. The summed E-state index contributed by atoms with van der Waals surface area (Å²) in [6, 6.07) is 7.17. The van der Waals surface area contributed by atoms with E-state index in [0.29, 0.717) is 5.56 Å². The second-order valence-corrected chi connectivity index (χ2v) is 4.38. The van der Waals surface area contributed by atoms with Crippen LogP contribution in [0.1, 0.15) is 28.8 Å². The van der Waals surface area contributed by atoms with Crippen LogP contribution >= 0.6 is 23.2 Å². The summed E-state index contributed by atoms with van der Waals surface area (Å²) in [6.45, 7) is 0. The van der Waals surface area contributed by atoms with Crippen molar-refractivity contribution in [2.75, 3.05) is 0 Å². The van der Waals surface area contributed by atoms with E-state index in [1.807, 2.05) is 12.1 Å². The van der Waals surface area contributed by atoms with Crippen LogP contribution in [0.2, 0.25) is 0 Å². The number of carbonyl (C=O) groups excluding carboxylic acids is 1. The number of rotatable bonds is 2. The molecule has 0 spiro atoms. The molecule has 13 heavy (non-hydrogen) atoms. The molecule has 0 atom stereocenters.